The van der Waals surface area contributed by atoms with Crippen LogP contribution < -0.4 is 5.84 Å². The molecule has 0 heterocycles. The second-order valence-electron chi connectivity index (χ2n) is 1.44. The first-order valence-corrected chi connectivity index (χ1v) is 2.38. The molecule has 0 aliphatic heterocycles. The topological polar surface area (TPSA) is 66.6 Å². The van der Waals surface area contributed by atoms with Gasteiger partial charge in [-0.25, -0.2) is 5.84 Å². The molecule has 4 nitrogen and oxygen atoms in total. The Morgan fingerprint density at radius 3 is 2.62 bits per heavy atom. The Morgan fingerprint density at radius 1 is 2.00 bits per heavy atom. The predicted octanol–water partition coefficient (Wildman–Crippen LogP) is -0.953. The lowest BCUT2D eigenvalue weighted by Crippen LogP contribution is -2.39. The molecule has 0 spiro atoms. The van der Waals surface area contributed by atoms with Crippen LogP contribution >= 0.6 is 0 Å². The molecule has 4 heteroatoms. The summed E-state index contributed by atoms with van der Waals surface area (Å²) in [6.45, 7) is 1.73. The molecule has 48 valence electrons. The summed E-state index contributed by atoms with van der Waals surface area (Å²) >= 11 is 0. The molecule has 8 heavy (non-hydrogen) atoms. The molecule has 0 aliphatic carbocycles. The smallest absolute Gasteiger partial charge is 0.226 e. The van der Waals surface area contributed by atoms with Crippen LogP contribution in [0.1, 0.15) is 13.3 Å². The van der Waals surface area contributed by atoms with E-state index in [1.165, 1.54) is 0 Å². The number of amides is 1. The maximum absolute atomic E-state index is 9.75. The Bertz CT molecular complexity index is 76.4. The van der Waals surface area contributed by atoms with Gasteiger partial charge in [-0.15, -0.1) is 0 Å². The first-order valence-electron chi connectivity index (χ1n) is 2.38. The third kappa shape index (κ3) is 1.90. The predicted molar refractivity (Wildman–Crippen MR) is 28.4 cm³/mol. The molecule has 0 aromatic carbocycles. The Kier molecular flexibility index (Phi) is 3.14. The average Bonchev–Trinajstić information content (AvgIpc) is 1.84. The van der Waals surface area contributed by atoms with Gasteiger partial charge in [-0.1, -0.05) is 6.92 Å². The molecule has 0 aromatic heterocycles. The van der Waals surface area contributed by atoms with Crippen LogP contribution in [0.25, 0.3) is 0 Å². The van der Waals surface area contributed by atoms with Gasteiger partial charge in [0.25, 0.3) is 0 Å². The van der Waals surface area contributed by atoms with Crippen LogP contribution in [0.4, 0.5) is 0 Å². The van der Waals surface area contributed by atoms with Gasteiger partial charge in [-0.05, 0) is 6.42 Å². The van der Waals surface area contributed by atoms with Crippen molar-refractivity contribution in [2.75, 3.05) is 0 Å². The molecular weight excluding hydrogens is 108 g/mol. The van der Waals surface area contributed by atoms with Crippen molar-refractivity contribution >= 4 is 6.41 Å². The van der Waals surface area contributed by atoms with Crippen molar-refractivity contribution < 1.29 is 9.90 Å². The van der Waals surface area contributed by atoms with Gasteiger partial charge >= 0.3 is 0 Å². The van der Waals surface area contributed by atoms with E-state index in [1.54, 1.807) is 6.92 Å². The molecule has 0 rings (SSSR count). The highest BCUT2D eigenvalue weighted by atomic mass is 16.3. The van der Waals surface area contributed by atoms with Crippen molar-refractivity contribution in [3.8, 4) is 0 Å². The number of hydrogen-bond donors (Lipinski definition) is 2. The van der Waals surface area contributed by atoms with Crippen LogP contribution in [0.2, 0.25) is 0 Å². The van der Waals surface area contributed by atoms with Gasteiger partial charge in [0.05, 0.1) is 0 Å². The minimum absolute atomic E-state index is 0.383. The van der Waals surface area contributed by atoms with Crippen LogP contribution in [-0.4, -0.2) is 22.8 Å². The zero-order valence-corrected chi connectivity index (χ0v) is 4.74. The Morgan fingerprint density at radius 2 is 2.50 bits per heavy atom. The van der Waals surface area contributed by atoms with Crippen molar-refractivity contribution in [1.29, 1.82) is 0 Å². The fourth-order valence-corrected chi connectivity index (χ4v) is 0.281. The van der Waals surface area contributed by atoms with Gasteiger partial charge < -0.3 is 5.11 Å². The number of rotatable bonds is 3. The second-order valence-corrected chi connectivity index (χ2v) is 1.44. The van der Waals surface area contributed by atoms with Crippen molar-refractivity contribution in [2.24, 2.45) is 5.84 Å². The summed E-state index contributed by atoms with van der Waals surface area (Å²) in [5.74, 6) is 4.94. The van der Waals surface area contributed by atoms with E-state index in [1.807, 2.05) is 0 Å². The van der Waals surface area contributed by atoms with Crippen molar-refractivity contribution in [1.82, 2.24) is 5.01 Å². The van der Waals surface area contributed by atoms with E-state index in [0.29, 0.717) is 12.8 Å². The Labute approximate surface area is 47.9 Å². The minimum Gasteiger partial charge on any atom is -0.372 e. The van der Waals surface area contributed by atoms with E-state index in [9.17, 15) is 4.79 Å². The van der Waals surface area contributed by atoms with Crippen molar-refractivity contribution in [2.45, 2.75) is 19.6 Å². The molecular formula is C4H10N2O2. The van der Waals surface area contributed by atoms with Gasteiger partial charge in [-0.3, -0.25) is 9.80 Å². The number of nitrogens with two attached hydrogens (primary N) is 1. The number of aliphatic hydroxyl groups is 1. The fourth-order valence-electron chi connectivity index (χ4n) is 0.281. The third-order valence-corrected chi connectivity index (χ3v) is 0.831. The first kappa shape index (κ1) is 7.39. The van der Waals surface area contributed by atoms with Crippen LogP contribution in [0.15, 0.2) is 0 Å². The Balaban J connectivity index is 3.44. The fraction of sp³-hybridized carbons (Fsp3) is 0.750. The maximum Gasteiger partial charge on any atom is 0.226 e. The monoisotopic (exact) mass is 118 g/mol. The summed E-state index contributed by atoms with van der Waals surface area (Å²) in [4.78, 5) is 9.75. The highest BCUT2D eigenvalue weighted by molar-refractivity contribution is 5.45. The van der Waals surface area contributed by atoms with Crippen LogP contribution in [-0.2, 0) is 4.79 Å². The average molecular weight is 118 g/mol. The SMILES string of the molecule is CCC(O)N(N)C=O. The van der Waals surface area contributed by atoms with E-state index in [-0.39, 0.29) is 0 Å². The van der Waals surface area contributed by atoms with E-state index >= 15 is 0 Å². The summed E-state index contributed by atoms with van der Waals surface area (Å²) < 4.78 is 0. The number of hydrazine groups is 1. The van der Waals surface area contributed by atoms with E-state index in [4.69, 9.17) is 10.9 Å². The standard InChI is InChI=1S/C4H10N2O2/c1-2-4(8)6(5)3-7/h3-4,8H,2,5H2,1H3. The summed E-state index contributed by atoms with van der Waals surface area (Å²) in [7, 11) is 0. The van der Waals surface area contributed by atoms with Crippen LogP contribution in [0, 0.1) is 0 Å². The highest BCUT2D eigenvalue weighted by Gasteiger charge is 2.03. The zero-order valence-electron chi connectivity index (χ0n) is 4.74. The lowest BCUT2D eigenvalue weighted by atomic mass is 10.4. The lowest BCUT2D eigenvalue weighted by Gasteiger charge is -2.15. The molecule has 1 unspecified atom stereocenters. The van der Waals surface area contributed by atoms with Crippen molar-refractivity contribution in [3.05, 3.63) is 0 Å². The van der Waals surface area contributed by atoms with Crippen molar-refractivity contribution in [3.63, 3.8) is 0 Å². The van der Waals surface area contributed by atoms with Gasteiger partial charge in [0.15, 0.2) is 0 Å². The van der Waals surface area contributed by atoms with Crippen LogP contribution in [0.3, 0.4) is 0 Å². The second kappa shape index (κ2) is 3.40. The Hall–Kier alpha value is -0.610. The molecule has 1 atom stereocenters. The van der Waals surface area contributed by atoms with Crippen LogP contribution in [0.5, 0.6) is 0 Å². The largest absolute Gasteiger partial charge is 0.372 e. The number of nitrogens with zero attached hydrogens (tertiary/aromatic N) is 1. The summed E-state index contributed by atoms with van der Waals surface area (Å²) in [6, 6.07) is 0. The molecule has 0 fully saturated rings. The van der Waals surface area contributed by atoms with E-state index in [0.717, 1.165) is 5.01 Å². The van der Waals surface area contributed by atoms with E-state index < -0.39 is 6.23 Å². The van der Waals surface area contributed by atoms with Gasteiger partial charge in [-0.2, -0.15) is 0 Å². The molecule has 0 saturated heterocycles. The summed E-state index contributed by atoms with van der Waals surface area (Å²) in [5.41, 5.74) is 0. The molecule has 0 aromatic rings. The van der Waals surface area contributed by atoms with E-state index in [2.05, 4.69) is 0 Å². The molecule has 3 N–H and O–H groups in total. The summed E-state index contributed by atoms with van der Waals surface area (Å²) in [6.07, 6.45) is -0.00356. The lowest BCUT2D eigenvalue weighted by molar-refractivity contribution is -0.128. The zero-order chi connectivity index (χ0) is 6.57. The highest BCUT2D eigenvalue weighted by Crippen LogP contribution is 1.88. The quantitative estimate of drug-likeness (QED) is 0.165. The molecule has 0 saturated carbocycles. The first-order chi connectivity index (χ1) is 3.72. The number of carbonyl (C=O) groups excluding carboxylic acids is 1. The minimum atomic E-state index is -0.840. The third-order valence-electron chi connectivity index (χ3n) is 0.831. The number of aliphatic hydroxyl groups excluding tert-OH is 1. The molecule has 0 radical (unpaired) electrons. The molecule has 0 bridgehead atoms. The number of hydrogen-bond acceptors (Lipinski definition) is 3. The van der Waals surface area contributed by atoms with Gasteiger partial charge in [0.2, 0.25) is 6.41 Å². The normalized spacial score (nSPS) is 12.9. The van der Waals surface area contributed by atoms with Gasteiger partial charge in [0, 0.05) is 0 Å². The van der Waals surface area contributed by atoms with Gasteiger partial charge in [0.1, 0.15) is 6.23 Å². The molecule has 1 amide bonds. The maximum atomic E-state index is 9.75. The summed E-state index contributed by atoms with van der Waals surface area (Å²) in [5, 5.41) is 9.42. The number of carbonyl (C=O) groups is 1. The molecule has 0 aliphatic rings.